The Bertz CT molecular complexity index is 449. The SMILES string of the molecule is CCOC1CC(NCc2cccc(COC)c2)C1(C)CC. The fourth-order valence-corrected chi connectivity index (χ4v) is 3.30. The first-order valence-electron chi connectivity index (χ1n) is 8.05. The van der Waals surface area contributed by atoms with Crippen molar-refractivity contribution in [2.24, 2.45) is 5.41 Å². The van der Waals surface area contributed by atoms with E-state index in [1.165, 1.54) is 11.1 Å². The van der Waals surface area contributed by atoms with Crippen LogP contribution in [0.3, 0.4) is 0 Å². The summed E-state index contributed by atoms with van der Waals surface area (Å²) in [4.78, 5) is 0. The summed E-state index contributed by atoms with van der Waals surface area (Å²) < 4.78 is 11.1. The van der Waals surface area contributed by atoms with Gasteiger partial charge in [-0.1, -0.05) is 38.1 Å². The molecule has 0 radical (unpaired) electrons. The largest absolute Gasteiger partial charge is 0.380 e. The summed E-state index contributed by atoms with van der Waals surface area (Å²) in [5, 5.41) is 3.71. The van der Waals surface area contributed by atoms with E-state index in [1.54, 1.807) is 7.11 Å². The van der Waals surface area contributed by atoms with E-state index in [-0.39, 0.29) is 5.41 Å². The van der Waals surface area contributed by atoms with E-state index in [2.05, 4.69) is 50.4 Å². The number of hydrogen-bond donors (Lipinski definition) is 1. The molecule has 1 aliphatic rings. The zero-order valence-electron chi connectivity index (χ0n) is 13.8. The molecule has 0 aliphatic heterocycles. The van der Waals surface area contributed by atoms with Gasteiger partial charge in [-0.3, -0.25) is 0 Å². The summed E-state index contributed by atoms with van der Waals surface area (Å²) in [5.74, 6) is 0. The van der Waals surface area contributed by atoms with Gasteiger partial charge in [-0.15, -0.1) is 0 Å². The highest BCUT2D eigenvalue weighted by Gasteiger charge is 2.50. The third kappa shape index (κ3) is 3.65. The topological polar surface area (TPSA) is 30.5 Å². The lowest BCUT2D eigenvalue weighted by Gasteiger charge is -2.53. The third-order valence-electron chi connectivity index (χ3n) is 4.97. The molecule has 0 aromatic heterocycles. The van der Waals surface area contributed by atoms with Crippen LogP contribution in [0.4, 0.5) is 0 Å². The number of rotatable bonds is 8. The van der Waals surface area contributed by atoms with Gasteiger partial charge in [-0.05, 0) is 30.9 Å². The Morgan fingerprint density at radius 1 is 1.29 bits per heavy atom. The molecule has 1 fully saturated rings. The average molecular weight is 291 g/mol. The van der Waals surface area contributed by atoms with Crippen LogP contribution in [0.1, 0.15) is 44.7 Å². The summed E-state index contributed by atoms with van der Waals surface area (Å²) in [6.45, 7) is 9.09. The fourth-order valence-electron chi connectivity index (χ4n) is 3.30. The van der Waals surface area contributed by atoms with Crippen LogP contribution < -0.4 is 5.32 Å². The van der Waals surface area contributed by atoms with Crippen molar-refractivity contribution < 1.29 is 9.47 Å². The second-order valence-electron chi connectivity index (χ2n) is 6.23. The molecule has 1 N–H and O–H groups in total. The second-order valence-corrected chi connectivity index (χ2v) is 6.23. The van der Waals surface area contributed by atoms with E-state index in [0.717, 1.165) is 26.0 Å². The highest BCUT2D eigenvalue weighted by atomic mass is 16.5. The predicted octanol–water partition coefficient (Wildman–Crippen LogP) is 3.52. The van der Waals surface area contributed by atoms with Crippen LogP contribution in [-0.4, -0.2) is 25.9 Å². The van der Waals surface area contributed by atoms with Crippen molar-refractivity contribution in [2.75, 3.05) is 13.7 Å². The van der Waals surface area contributed by atoms with E-state index < -0.39 is 0 Å². The third-order valence-corrected chi connectivity index (χ3v) is 4.97. The van der Waals surface area contributed by atoms with Crippen molar-refractivity contribution >= 4 is 0 Å². The molecule has 1 saturated carbocycles. The van der Waals surface area contributed by atoms with E-state index >= 15 is 0 Å². The average Bonchev–Trinajstić information content (AvgIpc) is 2.50. The number of ether oxygens (including phenoxy) is 2. The molecule has 3 heteroatoms. The zero-order valence-corrected chi connectivity index (χ0v) is 13.8. The Balaban J connectivity index is 1.90. The van der Waals surface area contributed by atoms with Crippen molar-refractivity contribution in [2.45, 2.75) is 58.9 Å². The maximum Gasteiger partial charge on any atom is 0.0713 e. The van der Waals surface area contributed by atoms with Gasteiger partial charge in [-0.25, -0.2) is 0 Å². The highest BCUT2D eigenvalue weighted by molar-refractivity contribution is 5.23. The number of methoxy groups -OCH3 is 1. The Kier molecular flexibility index (Phi) is 5.80. The number of nitrogens with one attached hydrogen (secondary N) is 1. The van der Waals surface area contributed by atoms with Gasteiger partial charge in [0.1, 0.15) is 0 Å². The molecule has 0 saturated heterocycles. The van der Waals surface area contributed by atoms with Crippen LogP contribution in [-0.2, 0) is 22.6 Å². The molecule has 3 atom stereocenters. The van der Waals surface area contributed by atoms with Gasteiger partial charge in [-0.2, -0.15) is 0 Å². The van der Waals surface area contributed by atoms with Gasteiger partial charge in [0.15, 0.2) is 0 Å². The Morgan fingerprint density at radius 2 is 2.05 bits per heavy atom. The Hall–Kier alpha value is -0.900. The van der Waals surface area contributed by atoms with Gasteiger partial charge >= 0.3 is 0 Å². The first-order valence-corrected chi connectivity index (χ1v) is 8.05. The molecular formula is C18H29NO2. The number of hydrogen-bond acceptors (Lipinski definition) is 3. The summed E-state index contributed by atoms with van der Waals surface area (Å²) in [5.41, 5.74) is 2.82. The molecule has 1 aromatic rings. The Morgan fingerprint density at radius 3 is 2.71 bits per heavy atom. The van der Waals surface area contributed by atoms with E-state index in [9.17, 15) is 0 Å². The van der Waals surface area contributed by atoms with Crippen LogP contribution in [0.2, 0.25) is 0 Å². The lowest BCUT2D eigenvalue weighted by atomic mass is 9.61. The quantitative estimate of drug-likeness (QED) is 0.795. The molecule has 0 bridgehead atoms. The number of benzene rings is 1. The van der Waals surface area contributed by atoms with Crippen LogP contribution in [0, 0.1) is 5.41 Å². The zero-order chi connectivity index (χ0) is 15.3. The van der Waals surface area contributed by atoms with Crippen molar-refractivity contribution in [3.05, 3.63) is 35.4 Å². The van der Waals surface area contributed by atoms with Crippen LogP contribution in [0.15, 0.2) is 24.3 Å². The second kappa shape index (κ2) is 7.39. The minimum atomic E-state index is 0.264. The standard InChI is InChI=1S/C18H29NO2/c1-5-18(3)16(11-17(18)21-6-2)19-12-14-8-7-9-15(10-14)13-20-4/h7-10,16-17,19H,5-6,11-13H2,1-4H3. The fraction of sp³-hybridized carbons (Fsp3) is 0.667. The smallest absolute Gasteiger partial charge is 0.0713 e. The minimum Gasteiger partial charge on any atom is -0.380 e. The highest BCUT2D eigenvalue weighted by Crippen LogP contribution is 2.45. The van der Waals surface area contributed by atoms with E-state index in [4.69, 9.17) is 9.47 Å². The minimum absolute atomic E-state index is 0.264. The predicted molar refractivity (Wildman–Crippen MR) is 86.2 cm³/mol. The summed E-state index contributed by atoms with van der Waals surface area (Å²) in [7, 11) is 1.74. The maximum absolute atomic E-state index is 5.86. The van der Waals surface area contributed by atoms with Crippen molar-refractivity contribution in [3.63, 3.8) is 0 Å². The molecule has 21 heavy (non-hydrogen) atoms. The maximum atomic E-state index is 5.86. The van der Waals surface area contributed by atoms with Gasteiger partial charge in [0.25, 0.3) is 0 Å². The summed E-state index contributed by atoms with van der Waals surface area (Å²) in [6.07, 6.45) is 2.68. The van der Waals surface area contributed by atoms with E-state index in [0.29, 0.717) is 18.8 Å². The molecule has 1 aromatic carbocycles. The molecule has 0 spiro atoms. The van der Waals surface area contributed by atoms with Crippen LogP contribution in [0.25, 0.3) is 0 Å². The Labute approximate surface area is 129 Å². The molecule has 3 unspecified atom stereocenters. The summed E-state index contributed by atoms with van der Waals surface area (Å²) >= 11 is 0. The molecule has 3 nitrogen and oxygen atoms in total. The first kappa shape index (κ1) is 16.5. The van der Waals surface area contributed by atoms with Crippen molar-refractivity contribution in [1.82, 2.24) is 5.32 Å². The molecule has 0 heterocycles. The normalized spacial score (nSPS) is 28.4. The molecule has 118 valence electrons. The monoisotopic (exact) mass is 291 g/mol. The van der Waals surface area contributed by atoms with Crippen LogP contribution in [0.5, 0.6) is 0 Å². The molecule has 0 amide bonds. The van der Waals surface area contributed by atoms with Gasteiger partial charge < -0.3 is 14.8 Å². The lowest BCUT2D eigenvalue weighted by molar-refractivity contribution is -0.126. The van der Waals surface area contributed by atoms with Crippen molar-refractivity contribution in [1.29, 1.82) is 0 Å². The molecule has 1 aliphatic carbocycles. The first-order chi connectivity index (χ1) is 10.1. The van der Waals surface area contributed by atoms with Crippen molar-refractivity contribution in [3.8, 4) is 0 Å². The molecule has 2 rings (SSSR count). The van der Waals surface area contributed by atoms with Gasteiger partial charge in [0.05, 0.1) is 12.7 Å². The van der Waals surface area contributed by atoms with Crippen LogP contribution >= 0.6 is 0 Å². The van der Waals surface area contributed by atoms with Gasteiger partial charge in [0.2, 0.25) is 0 Å². The summed E-state index contributed by atoms with van der Waals surface area (Å²) in [6, 6.07) is 9.16. The van der Waals surface area contributed by atoms with E-state index in [1.807, 2.05) is 0 Å². The van der Waals surface area contributed by atoms with Gasteiger partial charge in [0, 0.05) is 31.7 Å². The lowest BCUT2D eigenvalue weighted by Crippen LogP contribution is -2.61. The molecular weight excluding hydrogens is 262 g/mol.